The van der Waals surface area contributed by atoms with E-state index in [9.17, 15) is 4.79 Å². The van der Waals surface area contributed by atoms with Crippen molar-refractivity contribution in [3.8, 4) is 0 Å². The molecular formula is C34H58O3. The summed E-state index contributed by atoms with van der Waals surface area (Å²) in [6.45, 7) is 17.3. The third-order valence-electron chi connectivity index (χ3n) is 12.1. The van der Waals surface area contributed by atoms with Gasteiger partial charge in [0.15, 0.2) is 0 Å². The molecule has 0 amide bonds. The van der Waals surface area contributed by atoms with Gasteiger partial charge in [-0.3, -0.25) is 0 Å². The number of rotatable bonds is 10. The highest BCUT2D eigenvalue weighted by molar-refractivity contribution is 5.60. The van der Waals surface area contributed by atoms with Crippen LogP contribution in [0.15, 0.2) is 11.6 Å². The number of carbonyl (C=O) groups is 1. The molecule has 0 N–H and O–H groups in total. The predicted molar refractivity (Wildman–Crippen MR) is 153 cm³/mol. The fraction of sp³-hybridized carbons (Fsp3) is 0.912. The predicted octanol–water partition coefficient (Wildman–Crippen LogP) is 9.99. The Labute approximate surface area is 228 Å². The third kappa shape index (κ3) is 5.96. The van der Waals surface area contributed by atoms with Crippen molar-refractivity contribution in [1.29, 1.82) is 0 Å². The maximum atomic E-state index is 12.4. The number of fused-ring (bicyclic) bond motifs is 5. The van der Waals surface area contributed by atoms with Crippen LogP contribution in [0.25, 0.3) is 0 Å². The van der Waals surface area contributed by atoms with Crippen molar-refractivity contribution in [3.63, 3.8) is 0 Å². The normalized spacial score (nSPS) is 38.0. The zero-order valence-corrected chi connectivity index (χ0v) is 25.3. The highest BCUT2D eigenvalue weighted by Crippen LogP contribution is 2.67. The molecule has 0 aromatic carbocycles. The zero-order chi connectivity index (χ0) is 26.8. The summed E-state index contributed by atoms with van der Waals surface area (Å²) in [5, 5.41) is 0. The van der Waals surface area contributed by atoms with Crippen LogP contribution >= 0.6 is 0 Å². The maximum Gasteiger partial charge on any atom is 0.508 e. The lowest BCUT2D eigenvalue weighted by atomic mass is 9.47. The summed E-state index contributed by atoms with van der Waals surface area (Å²) in [6.07, 6.45) is 18.4. The average Bonchev–Trinajstić information content (AvgIpc) is 3.22. The quantitative estimate of drug-likeness (QED) is 0.215. The van der Waals surface area contributed by atoms with Crippen molar-refractivity contribution in [1.82, 2.24) is 0 Å². The molecule has 4 aliphatic rings. The Morgan fingerprint density at radius 3 is 2.46 bits per heavy atom. The van der Waals surface area contributed by atoms with Crippen LogP contribution in [0.1, 0.15) is 132 Å². The van der Waals surface area contributed by atoms with Gasteiger partial charge in [0.25, 0.3) is 0 Å². The van der Waals surface area contributed by atoms with Gasteiger partial charge in [-0.15, -0.1) is 0 Å². The Bertz CT molecular complexity index is 797. The van der Waals surface area contributed by atoms with E-state index in [-0.39, 0.29) is 6.10 Å². The van der Waals surface area contributed by atoms with Crippen molar-refractivity contribution in [3.05, 3.63) is 11.6 Å². The molecule has 4 rings (SSSR count). The van der Waals surface area contributed by atoms with E-state index in [0.717, 1.165) is 67.6 Å². The minimum absolute atomic E-state index is 0.0125. The number of carbonyl (C=O) groups excluding carboxylic acids is 1. The Morgan fingerprint density at radius 1 is 1.00 bits per heavy atom. The van der Waals surface area contributed by atoms with Crippen molar-refractivity contribution in [2.75, 3.05) is 6.61 Å². The van der Waals surface area contributed by atoms with Crippen LogP contribution in [0, 0.1) is 52.3 Å². The molecule has 3 saturated carbocycles. The van der Waals surface area contributed by atoms with Gasteiger partial charge in [0.1, 0.15) is 6.10 Å². The van der Waals surface area contributed by atoms with E-state index in [1.165, 1.54) is 51.4 Å². The fourth-order valence-electron chi connectivity index (χ4n) is 9.63. The molecule has 0 saturated heterocycles. The van der Waals surface area contributed by atoms with Gasteiger partial charge >= 0.3 is 6.16 Å². The molecule has 4 aliphatic carbocycles. The summed E-state index contributed by atoms with van der Waals surface area (Å²) in [6, 6.07) is 0. The summed E-state index contributed by atoms with van der Waals surface area (Å²) in [5.41, 5.74) is 2.42. The molecule has 37 heavy (non-hydrogen) atoms. The largest absolute Gasteiger partial charge is 0.508 e. The molecule has 0 spiro atoms. The molecule has 0 aliphatic heterocycles. The molecule has 0 aromatic heterocycles. The monoisotopic (exact) mass is 514 g/mol. The third-order valence-corrected chi connectivity index (χ3v) is 12.1. The Kier molecular flexibility index (Phi) is 9.43. The number of ether oxygens (including phenoxy) is 2. The SMILES string of the molecule is CCC(CC)COC(=O)OC1CC[C@@]2(C)C(=CCC3C2CC[C@@]2(C)C3CC[C@@H]2[C@H](C)CCCC(C)C)C1. The lowest BCUT2D eigenvalue weighted by molar-refractivity contribution is -0.0622. The van der Waals surface area contributed by atoms with Crippen molar-refractivity contribution in [2.24, 2.45) is 52.3 Å². The molecule has 0 bridgehead atoms. The summed E-state index contributed by atoms with van der Waals surface area (Å²) < 4.78 is 11.3. The summed E-state index contributed by atoms with van der Waals surface area (Å²) >= 11 is 0. The molecule has 3 heteroatoms. The van der Waals surface area contributed by atoms with Crippen molar-refractivity contribution < 1.29 is 14.3 Å². The van der Waals surface area contributed by atoms with E-state index in [1.54, 1.807) is 5.57 Å². The molecule has 3 nitrogen and oxygen atoms in total. The van der Waals surface area contributed by atoms with Crippen LogP contribution in [0.3, 0.4) is 0 Å². The van der Waals surface area contributed by atoms with Crippen LogP contribution in [0.2, 0.25) is 0 Å². The first-order chi connectivity index (χ1) is 17.6. The number of allylic oxidation sites excluding steroid dienone is 1. The van der Waals surface area contributed by atoms with Gasteiger partial charge in [0, 0.05) is 6.42 Å². The van der Waals surface area contributed by atoms with Crippen molar-refractivity contribution in [2.45, 2.75) is 138 Å². The zero-order valence-electron chi connectivity index (χ0n) is 25.3. The standard InChI is InChI=1S/C34H58O3/c1-8-25(9-2)22-36-32(35)37-27-17-19-33(6)26(21-27)13-14-28-30-16-15-29(24(5)12-10-11-23(3)4)34(30,7)20-18-31(28)33/h13,23-25,27-31H,8-12,14-22H2,1-7H3/t24-,27?,28?,29-,30?,31?,33+,34-/m1/s1. The van der Waals surface area contributed by atoms with Gasteiger partial charge < -0.3 is 9.47 Å². The Morgan fingerprint density at radius 2 is 1.76 bits per heavy atom. The molecule has 0 aromatic rings. The minimum Gasteiger partial charge on any atom is -0.434 e. The molecule has 0 radical (unpaired) electrons. The molecular weight excluding hydrogens is 456 g/mol. The van der Waals surface area contributed by atoms with Gasteiger partial charge in [0.2, 0.25) is 0 Å². The Hall–Kier alpha value is -0.990. The van der Waals surface area contributed by atoms with E-state index >= 15 is 0 Å². The van der Waals surface area contributed by atoms with E-state index in [1.807, 2.05) is 0 Å². The van der Waals surface area contributed by atoms with Crippen LogP contribution in [0.5, 0.6) is 0 Å². The molecule has 4 unspecified atom stereocenters. The van der Waals surface area contributed by atoms with Crippen LogP contribution in [-0.4, -0.2) is 18.9 Å². The first-order valence-electron chi connectivity index (χ1n) is 16.1. The lowest BCUT2D eigenvalue weighted by Gasteiger charge is -2.58. The highest BCUT2D eigenvalue weighted by atomic mass is 16.7. The Balaban J connectivity index is 1.37. The smallest absolute Gasteiger partial charge is 0.434 e. The van der Waals surface area contributed by atoms with E-state index in [0.29, 0.717) is 23.4 Å². The number of hydrogen-bond acceptors (Lipinski definition) is 3. The first-order valence-corrected chi connectivity index (χ1v) is 16.1. The lowest BCUT2D eigenvalue weighted by Crippen LogP contribution is -2.51. The molecule has 8 atom stereocenters. The average molecular weight is 515 g/mol. The van der Waals surface area contributed by atoms with Crippen LogP contribution < -0.4 is 0 Å². The van der Waals surface area contributed by atoms with Crippen LogP contribution in [-0.2, 0) is 9.47 Å². The van der Waals surface area contributed by atoms with Gasteiger partial charge in [-0.05, 0) is 97.2 Å². The summed E-state index contributed by atoms with van der Waals surface area (Å²) in [7, 11) is 0. The van der Waals surface area contributed by atoms with Gasteiger partial charge in [-0.25, -0.2) is 4.79 Å². The van der Waals surface area contributed by atoms with Gasteiger partial charge in [0.05, 0.1) is 6.61 Å². The van der Waals surface area contributed by atoms with Crippen LogP contribution in [0.4, 0.5) is 4.79 Å². The minimum atomic E-state index is -0.456. The maximum absolute atomic E-state index is 12.4. The first kappa shape index (κ1) is 29.0. The second-order valence-corrected chi connectivity index (χ2v) is 14.5. The van der Waals surface area contributed by atoms with Crippen molar-refractivity contribution >= 4 is 6.16 Å². The fourth-order valence-corrected chi connectivity index (χ4v) is 9.63. The number of hydrogen-bond donors (Lipinski definition) is 0. The van der Waals surface area contributed by atoms with E-state index < -0.39 is 6.16 Å². The summed E-state index contributed by atoms with van der Waals surface area (Å²) in [4.78, 5) is 12.4. The molecule has 3 fully saturated rings. The molecule has 0 heterocycles. The second-order valence-electron chi connectivity index (χ2n) is 14.5. The topological polar surface area (TPSA) is 35.5 Å². The summed E-state index contributed by atoms with van der Waals surface area (Å²) in [5.74, 6) is 5.61. The highest BCUT2D eigenvalue weighted by Gasteiger charge is 2.59. The van der Waals surface area contributed by atoms with E-state index in [4.69, 9.17) is 9.47 Å². The van der Waals surface area contributed by atoms with E-state index in [2.05, 4.69) is 54.5 Å². The second kappa shape index (κ2) is 12.0. The van der Waals surface area contributed by atoms with Gasteiger partial charge in [-0.1, -0.05) is 92.2 Å². The molecule has 212 valence electrons. The van der Waals surface area contributed by atoms with Gasteiger partial charge in [-0.2, -0.15) is 0 Å².